The van der Waals surface area contributed by atoms with Crippen molar-refractivity contribution in [1.29, 1.82) is 0 Å². The Labute approximate surface area is 109 Å². The maximum absolute atomic E-state index is 5.85. The van der Waals surface area contributed by atoms with Crippen LogP contribution in [0.25, 0.3) is 0 Å². The average molecular weight is 264 g/mol. The number of nitrogens with one attached hydrogen (secondary N) is 1. The summed E-state index contributed by atoms with van der Waals surface area (Å²) in [5.41, 5.74) is 5.85. The molecular formula is C11H19Cl2N3. The molecule has 1 fully saturated rings. The molecule has 0 saturated heterocycles. The van der Waals surface area contributed by atoms with E-state index in [0.29, 0.717) is 12.1 Å². The predicted octanol–water partition coefficient (Wildman–Crippen LogP) is 2.61. The van der Waals surface area contributed by atoms with Crippen LogP contribution in [-0.2, 0) is 0 Å². The highest BCUT2D eigenvalue weighted by atomic mass is 35.5. The largest absolute Gasteiger partial charge is 0.367 e. The van der Waals surface area contributed by atoms with Crippen LogP contribution in [0.15, 0.2) is 24.4 Å². The Hall–Kier alpha value is -0.510. The van der Waals surface area contributed by atoms with E-state index >= 15 is 0 Å². The van der Waals surface area contributed by atoms with Gasteiger partial charge in [0.2, 0.25) is 0 Å². The lowest BCUT2D eigenvalue weighted by atomic mass is 9.92. The Morgan fingerprint density at radius 3 is 2.38 bits per heavy atom. The summed E-state index contributed by atoms with van der Waals surface area (Å²) in [5.74, 6) is 0.980. The SMILES string of the molecule is Cl.Cl.NC1CCC(Nc2ccccn2)CC1. The lowest BCUT2D eigenvalue weighted by molar-refractivity contribution is 0.410. The van der Waals surface area contributed by atoms with Crippen LogP contribution in [0.3, 0.4) is 0 Å². The van der Waals surface area contributed by atoms with Gasteiger partial charge in [0.25, 0.3) is 0 Å². The van der Waals surface area contributed by atoms with Crippen LogP contribution in [0.2, 0.25) is 0 Å². The van der Waals surface area contributed by atoms with Gasteiger partial charge in [-0.25, -0.2) is 4.98 Å². The van der Waals surface area contributed by atoms with Gasteiger partial charge in [0.1, 0.15) is 5.82 Å². The van der Waals surface area contributed by atoms with E-state index < -0.39 is 0 Å². The molecule has 92 valence electrons. The zero-order valence-corrected chi connectivity index (χ0v) is 10.8. The summed E-state index contributed by atoms with van der Waals surface area (Å²) in [7, 11) is 0. The van der Waals surface area contributed by atoms with Crippen molar-refractivity contribution in [2.24, 2.45) is 5.73 Å². The molecule has 16 heavy (non-hydrogen) atoms. The van der Waals surface area contributed by atoms with Crippen molar-refractivity contribution in [1.82, 2.24) is 4.98 Å². The summed E-state index contributed by atoms with van der Waals surface area (Å²) in [4.78, 5) is 4.25. The van der Waals surface area contributed by atoms with E-state index in [1.54, 1.807) is 0 Å². The minimum absolute atomic E-state index is 0. The number of rotatable bonds is 2. The summed E-state index contributed by atoms with van der Waals surface area (Å²) in [6, 6.07) is 6.92. The quantitative estimate of drug-likeness (QED) is 0.863. The Kier molecular flexibility index (Phi) is 7.47. The molecule has 0 aromatic carbocycles. The van der Waals surface area contributed by atoms with Gasteiger partial charge in [-0.05, 0) is 37.8 Å². The molecule has 0 atom stereocenters. The van der Waals surface area contributed by atoms with Crippen LogP contribution < -0.4 is 11.1 Å². The van der Waals surface area contributed by atoms with Crippen LogP contribution in [0.1, 0.15) is 25.7 Å². The van der Waals surface area contributed by atoms with Gasteiger partial charge in [-0.15, -0.1) is 24.8 Å². The molecule has 3 nitrogen and oxygen atoms in total. The van der Waals surface area contributed by atoms with Gasteiger partial charge in [-0.2, -0.15) is 0 Å². The summed E-state index contributed by atoms with van der Waals surface area (Å²) in [6.07, 6.45) is 6.40. The molecule has 0 amide bonds. The number of nitrogens with zero attached hydrogens (tertiary/aromatic N) is 1. The first-order valence-corrected chi connectivity index (χ1v) is 5.28. The van der Waals surface area contributed by atoms with Gasteiger partial charge in [0.05, 0.1) is 0 Å². The Balaban J connectivity index is 0.00000112. The molecule has 1 aromatic heterocycles. The van der Waals surface area contributed by atoms with Crippen molar-refractivity contribution >= 4 is 30.6 Å². The Bertz CT molecular complexity index is 274. The van der Waals surface area contributed by atoms with Crippen molar-refractivity contribution in [3.8, 4) is 0 Å². The molecule has 0 aliphatic heterocycles. The van der Waals surface area contributed by atoms with Gasteiger partial charge in [0, 0.05) is 18.3 Å². The van der Waals surface area contributed by atoms with Crippen LogP contribution in [0.4, 0.5) is 5.82 Å². The summed E-state index contributed by atoms with van der Waals surface area (Å²) >= 11 is 0. The highest BCUT2D eigenvalue weighted by Gasteiger charge is 2.18. The normalized spacial score (nSPS) is 23.8. The topological polar surface area (TPSA) is 50.9 Å². The summed E-state index contributed by atoms with van der Waals surface area (Å²) in [5, 5.41) is 3.43. The van der Waals surface area contributed by atoms with Gasteiger partial charge >= 0.3 is 0 Å². The third-order valence-corrected chi connectivity index (χ3v) is 2.79. The van der Waals surface area contributed by atoms with Crippen molar-refractivity contribution in [3.05, 3.63) is 24.4 Å². The molecule has 1 aliphatic rings. The molecule has 1 aromatic rings. The first-order valence-electron chi connectivity index (χ1n) is 5.28. The van der Waals surface area contributed by atoms with Crippen molar-refractivity contribution in [3.63, 3.8) is 0 Å². The Morgan fingerprint density at radius 1 is 1.12 bits per heavy atom. The molecule has 2 rings (SSSR count). The minimum Gasteiger partial charge on any atom is -0.367 e. The van der Waals surface area contributed by atoms with Crippen LogP contribution >= 0.6 is 24.8 Å². The van der Waals surface area contributed by atoms with Crippen molar-refractivity contribution < 1.29 is 0 Å². The molecule has 0 bridgehead atoms. The molecule has 0 radical (unpaired) electrons. The van der Waals surface area contributed by atoms with Crippen LogP contribution in [0, 0.1) is 0 Å². The number of aromatic nitrogens is 1. The third-order valence-electron chi connectivity index (χ3n) is 2.79. The Morgan fingerprint density at radius 2 is 1.81 bits per heavy atom. The fourth-order valence-corrected chi connectivity index (χ4v) is 1.92. The molecule has 0 spiro atoms. The van der Waals surface area contributed by atoms with E-state index in [-0.39, 0.29) is 24.8 Å². The number of nitrogens with two attached hydrogens (primary N) is 1. The molecule has 1 heterocycles. The first-order chi connectivity index (χ1) is 6.84. The second kappa shape index (κ2) is 7.71. The van der Waals surface area contributed by atoms with Crippen molar-refractivity contribution in [2.75, 3.05) is 5.32 Å². The summed E-state index contributed by atoms with van der Waals surface area (Å²) in [6.45, 7) is 0. The van der Waals surface area contributed by atoms with Crippen LogP contribution in [-0.4, -0.2) is 17.1 Å². The lowest BCUT2D eigenvalue weighted by Crippen LogP contribution is -2.32. The number of hydrogen-bond donors (Lipinski definition) is 2. The standard InChI is InChI=1S/C11H17N3.2ClH/c12-9-4-6-10(7-5-9)14-11-3-1-2-8-13-11;;/h1-3,8-10H,4-7,12H2,(H,13,14);2*1H. The van der Waals surface area contributed by atoms with E-state index in [0.717, 1.165) is 31.5 Å². The highest BCUT2D eigenvalue weighted by Crippen LogP contribution is 2.19. The fourth-order valence-electron chi connectivity index (χ4n) is 1.92. The van der Waals surface area contributed by atoms with Gasteiger partial charge in [-0.3, -0.25) is 0 Å². The maximum Gasteiger partial charge on any atom is 0.126 e. The molecular weight excluding hydrogens is 245 g/mol. The number of hydrogen-bond acceptors (Lipinski definition) is 3. The van der Waals surface area contributed by atoms with Gasteiger partial charge in [0.15, 0.2) is 0 Å². The smallest absolute Gasteiger partial charge is 0.126 e. The number of pyridine rings is 1. The van der Waals surface area contributed by atoms with Gasteiger partial charge < -0.3 is 11.1 Å². The zero-order valence-electron chi connectivity index (χ0n) is 9.13. The fraction of sp³-hybridized carbons (Fsp3) is 0.545. The van der Waals surface area contributed by atoms with E-state index in [4.69, 9.17) is 5.73 Å². The first kappa shape index (κ1) is 15.5. The number of halogens is 2. The molecule has 1 saturated carbocycles. The predicted molar refractivity (Wildman–Crippen MR) is 72.6 cm³/mol. The molecule has 5 heteroatoms. The monoisotopic (exact) mass is 263 g/mol. The van der Waals surface area contributed by atoms with E-state index in [1.807, 2.05) is 24.4 Å². The molecule has 1 aliphatic carbocycles. The second-order valence-electron chi connectivity index (χ2n) is 3.97. The zero-order chi connectivity index (χ0) is 9.80. The number of anilines is 1. The van der Waals surface area contributed by atoms with E-state index in [1.165, 1.54) is 0 Å². The van der Waals surface area contributed by atoms with Crippen molar-refractivity contribution in [2.45, 2.75) is 37.8 Å². The van der Waals surface area contributed by atoms with E-state index in [2.05, 4.69) is 10.3 Å². The second-order valence-corrected chi connectivity index (χ2v) is 3.97. The highest BCUT2D eigenvalue weighted by molar-refractivity contribution is 5.85. The molecule has 3 N–H and O–H groups in total. The summed E-state index contributed by atoms with van der Waals surface area (Å²) < 4.78 is 0. The average Bonchev–Trinajstić information content (AvgIpc) is 2.23. The third kappa shape index (κ3) is 4.56. The van der Waals surface area contributed by atoms with Crippen LogP contribution in [0.5, 0.6) is 0 Å². The van der Waals surface area contributed by atoms with E-state index in [9.17, 15) is 0 Å². The van der Waals surface area contributed by atoms with Gasteiger partial charge in [-0.1, -0.05) is 6.07 Å². The minimum atomic E-state index is 0. The maximum atomic E-state index is 5.85. The lowest BCUT2D eigenvalue weighted by Gasteiger charge is -2.27. The molecule has 0 unspecified atom stereocenters.